The van der Waals surface area contributed by atoms with Crippen molar-refractivity contribution < 1.29 is 9.53 Å². The fourth-order valence-corrected chi connectivity index (χ4v) is 3.97. The average molecular weight is 446 g/mol. The molecule has 0 bridgehead atoms. The van der Waals surface area contributed by atoms with Crippen molar-refractivity contribution >= 4 is 23.4 Å². The highest BCUT2D eigenvalue weighted by Gasteiger charge is 2.18. The lowest BCUT2D eigenvalue weighted by molar-refractivity contribution is -0.113. The molecule has 2 aromatic carbocycles. The van der Waals surface area contributed by atoms with Gasteiger partial charge in [0.2, 0.25) is 5.91 Å². The van der Waals surface area contributed by atoms with Crippen LogP contribution in [0.5, 0.6) is 5.75 Å². The van der Waals surface area contributed by atoms with Gasteiger partial charge in [0.1, 0.15) is 5.75 Å². The summed E-state index contributed by atoms with van der Waals surface area (Å²) >= 11 is 1.33. The van der Waals surface area contributed by atoms with E-state index in [1.807, 2.05) is 34.9 Å². The summed E-state index contributed by atoms with van der Waals surface area (Å²) in [5.74, 6) is 1.34. The van der Waals surface area contributed by atoms with Gasteiger partial charge in [0.05, 0.1) is 24.2 Å². The third-order valence-corrected chi connectivity index (χ3v) is 5.96. The lowest BCUT2D eigenvalue weighted by atomic mass is 10.1. The number of thioether (sulfide) groups is 1. The monoisotopic (exact) mass is 445 g/mol. The molecule has 0 saturated heterocycles. The summed E-state index contributed by atoms with van der Waals surface area (Å²) in [5, 5.41) is 12.3. The van der Waals surface area contributed by atoms with Crippen LogP contribution in [0.2, 0.25) is 0 Å². The Hall–Kier alpha value is -3.65. The molecule has 32 heavy (non-hydrogen) atoms. The molecule has 7 nitrogen and oxygen atoms in total. The van der Waals surface area contributed by atoms with E-state index < -0.39 is 0 Å². The Morgan fingerprint density at radius 1 is 1.03 bits per heavy atom. The minimum atomic E-state index is -0.153. The Morgan fingerprint density at radius 3 is 2.56 bits per heavy atom. The van der Waals surface area contributed by atoms with Crippen molar-refractivity contribution in [2.24, 2.45) is 0 Å². The number of aromatic nitrogens is 4. The number of pyridine rings is 1. The van der Waals surface area contributed by atoms with Gasteiger partial charge in [-0.1, -0.05) is 30.0 Å². The molecule has 4 rings (SSSR count). The van der Waals surface area contributed by atoms with E-state index in [0.29, 0.717) is 22.4 Å². The van der Waals surface area contributed by atoms with Crippen molar-refractivity contribution in [3.63, 3.8) is 0 Å². The number of nitrogens with one attached hydrogen (secondary N) is 1. The predicted molar refractivity (Wildman–Crippen MR) is 126 cm³/mol. The first-order valence-electron chi connectivity index (χ1n) is 10.1. The van der Waals surface area contributed by atoms with Crippen LogP contribution in [-0.2, 0) is 4.79 Å². The smallest absolute Gasteiger partial charge is 0.234 e. The van der Waals surface area contributed by atoms with Gasteiger partial charge in [-0.25, -0.2) is 0 Å². The number of rotatable bonds is 7. The molecule has 0 aliphatic heterocycles. The van der Waals surface area contributed by atoms with E-state index in [0.717, 1.165) is 11.3 Å². The van der Waals surface area contributed by atoms with Crippen LogP contribution in [0.25, 0.3) is 17.1 Å². The van der Waals surface area contributed by atoms with Crippen molar-refractivity contribution in [2.45, 2.75) is 19.0 Å². The second kappa shape index (κ2) is 9.65. The van der Waals surface area contributed by atoms with E-state index in [2.05, 4.69) is 46.5 Å². The second-order valence-corrected chi connectivity index (χ2v) is 8.13. The zero-order chi connectivity index (χ0) is 22.5. The van der Waals surface area contributed by atoms with E-state index in [1.54, 1.807) is 31.6 Å². The van der Waals surface area contributed by atoms with Crippen LogP contribution in [0.15, 0.2) is 72.1 Å². The third kappa shape index (κ3) is 4.65. The number of methoxy groups -OCH3 is 1. The van der Waals surface area contributed by atoms with Crippen molar-refractivity contribution in [3.05, 3.63) is 78.1 Å². The van der Waals surface area contributed by atoms with Crippen LogP contribution >= 0.6 is 11.8 Å². The van der Waals surface area contributed by atoms with Gasteiger partial charge in [0.25, 0.3) is 0 Å². The number of nitrogens with zero attached hydrogens (tertiary/aromatic N) is 4. The molecule has 2 aromatic heterocycles. The lowest BCUT2D eigenvalue weighted by Gasteiger charge is -2.12. The first-order valence-corrected chi connectivity index (χ1v) is 11.0. The highest BCUT2D eigenvalue weighted by atomic mass is 32.2. The number of hydrogen-bond acceptors (Lipinski definition) is 6. The largest absolute Gasteiger partial charge is 0.495 e. The molecule has 0 fully saturated rings. The summed E-state index contributed by atoms with van der Waals surface area (Å²) in [6, 6.07) is 17.3. The fourth-order valence-electron chi connectivity index (χ4n) is 3.21. The van der Waals surface area contributed by atoms with Crippen LogP contribution in [0, 0.1) is 13.8 Å². The number of hydrogen-bond donors (Lipinski definition) is 1. The number of amides is 1. The average Bonchev–Trinajstić information content (AvgIpc) is 3.24. The quantitative estimate of drug-likeness (QED) is 0.416. The van der Waals surface area contributed by atoms with Crippen LogP contribution in [0.4, 0.5) is 5.69 Å². The van der Waals surface area contributed by atoms with Gasteiger partial charge in [-0.2, -0.15) is 0 Å². The number of carbonyl (C=O) groups is 1. The molecule has 0 aliphatic carbocycles. The number of benzene rings is 2. The summed E-state index contributed by atoms with van der Waals surface area (Å²) in [5.41, 5.74) is 4.85. The predicted octanol–water partition coefficient (Wildman–Crippen LogP) is 4.69. The summed E-state index contributed by atoms with van der Waals surface area (Å²) in [7, 11) is 1.58. The van der Waals surface area contributed by atoms with E-state index in [9.17, 15) is 4.79 Å². The highest BCUT2D eigenvalue weighted by molar-refractivity contribution is 7.99. The van der Waals surface area contributed by atoms with Crippen molar-refractivity contribution in [2.75, 3.05) is 18.2 Å². The maximum Gasteiger partial charge on any atom is 0.234 e. The summed E-state index contributed by atoms with van der Waals surface area (Å²) in [6.45, 7) is 4.15. The number of para-hydroxylation sites is 2. The molecule has 162 valence electrons. The molecule has 1 N–H and O–H groups in total. The SMILES string of the molecule is COc1ccccc1NC(=O)CSc1nnc(-c2ccncc2)n1-c1ccc(C)c(C)c1. The van der Waals surface area contributed by atoms with E-state index in [-0.39, 0.29) is 11.7 Å². The van der Waals surface area contributed by atoms with Crippen LogP contribution < -0.4 is 10.1 Å². The van der Waals surface area contributed by atoms with Gasteiger partial charge in [0, 0.05) is 18.0 Å². The zero-order valence-electron chi connectivity index (χ0n) is 18.1. The Balaban J connectivity index is 1.62. The van der Waals surface area contributed by atoms with E-state index >= 15 is 0 Å². The van der Waals surface area contributed by atoms with Gasteiger partial charge >= 0.3 is 0 Å². The minimum Gasteiger partial charge on any atom is -0.495 e. The molecule has 0 saturated carbocycles. The molecule has 1 amide bonds. The van der Waals surface area contributed by atoms with Gasteiger partial charge in [-0.05, 0) is 61.4 Å². The Labute approximate surface area is 190 Å². The number of aryl methyl sites for hydroxylation is 2. The fraction of sp³-hybridized carbons (Fsp3) is 0.167. The molecule has 0 atom stereocenters. The summed E-state index contributed by atoms with van der Waals surface area (Å²) < 4.78 is 7.28. The molecule has 8 heteroatoms. The van der Waals surface area contributed by atoms with Gasteiger partial charge < -0.3 is 10.1 Å². The van der Waals surface area contributed by atoms with Crippen LogP contribution in [-0.4, -0.2) is 38.5 Å². The maximum atomic E-state index is 12.6. The molecule has 4 aromatic rings. The molecular formula is C24H23N5O2S. The normalized spacial score (nSPS) is 10.7. The van der Waals surface area contributed by atoms with Gasteiger partial charge in [-0.15, -0.1) is 10.2 Å². The standard InChI is InChI=1S/C24H23N5O2S/c1-16-8-9-19(14-17(16)2)29-23(18-10-12-25-13-11-18)27-28-24(29)32-15-22(30)26-20-6-4-5-7-21(20)31-3/h4-14H,15H2,1-3H3,(H,26,30). The topological polar surface area (TPSA) is 81.9 Å². The van der Waals surface area contributed by atoms with Crippen LogP contribution in [0.1, 0.15) is 11.1 Å². The van der Waals surface area contributed by atoms with Crippen molar-refractivity contribution in [3.8, 4) is 22.8 Å². The Bertz CT molecular complexity index is 1240. The molecular weight excluding hydrogens is 422 g/mol. The summed E-state index contributed by atoms with van der Waals surface area (Å²) in [6.07, 6.45) is 3.45. The number of anilines is 1. The Morgan fingerprint density at radius 2 is 1.81 bits per heavy atom. The molecule has 0 unspecified atom stereocenters. The maximum absolute atomic E-state index is 12.6. The minimum absolute atomic E-state index is 0.153. The third-order valence-electron chi connectivity index (χ3n) is 5.03. The number of ether oxygens (including phenoxy) is 1. The van der Waals surface area contributed by atoms with Crippen molar-refractivity contribution in [1.29, 1.82) is 0 Å². The summed E-state index contributed by atoms with van der Waals surface area (Å²) in [4.78, 5) is 16.7. The number of carbonyl (C=O) groups excluding carboxylic acids is 1. The molecule has 0 spiro atoms. The first kappa shape index (κ1) is 21.6. The highest BCUT2D eigenvalue weighted by Crippen LogP contribution is 2.29. The second-order valence-electron chi connectivity index (χ2n) is 7.18. The van der Waals surface area contributed by atoms with E-state index in [4.69, 9.17) is 4.74 Å². The lowest BCUT2D eigenvalue weighted by Crippen LogP contribution is -2.15. The van der Waals surface area contributed by atoms with Crippen molar-refractivity contribution in [1.82, 2.24) is 19.7 Å². The molecule has 0 aliphatic rings. The van der Waals surface area contributed by atoms with Gasteiger partial charge in [-0.3, -0.25) is 14.3 Å². The first-order chi connectivity index (χ1) is 15.6. The molecule has 2 heterocycles. The van der Waals surface area contributed by atoms with Gasteiger partial charge in [0.15, 0.2) is 11.0 Å². The Kier molecular flexibility index (Phi) is 6.51. The molecule has 0 radical (unpaired) electrons. The van der Waals surface area contributed by atoms with E-state index in [1.165, 1.54) is 22.9 Å². The van der Waals surface area contributed by atoms with Crippen LogP contribution in [0.3, 0.4) is 0 Å². The zero-order valence-corrected chi connectivity index (χ0v) is 18.9.